The Bertz CT molecular complexity index is 3310. The van der Waals surface area contributed by atoms with E-state index in [1.807, 2.05) is 6.07 Å². The molecule has 10 aromatic rings. The topological polar surface area (TPSA) is 16.4 Å². The minimum Gasteiger partial charge on any atom is -0.456 e. The van der Waals surface area contributed by atoms with Crippen LogP contribution in [-0.4, -0.2) is 0 Å². The average Bonchev–Trinajstić information content (AvgIpc) is 3.91. The van der Waals surface area contributed by atoms with Crippen molar-refractivity contribution in [3.8, 4) is 33.4 Å². The van der Waals surface area contributed by atoms with Crippen molar-refractivity contribution in [1.82, 2.24) is 0 Å². The highest BCUT2D eigenvalue weighted by Gasteiger charge is 2.42. The van der Waals surface area contributed by atoms with Crippen molar-refractivity contribution < 1.29 is 4.42 Å². The molecule has 2 unspecified atom stereocenters. The zero-order chi connectivity index (χ0) is 40.0. The molecule has 1 heterocycles. The van der Waals surface area contributed by atoms with Gasteiger partial charge in [0.25, 0.3) is 0 Å². The highest BCUT2D eigenvalue weighted by atomic mass is 16.3. The standard InChI is InChI=1S/C58H41NO/c1-57(39-17-5-3-6-18-39)50-25-13-9-22-44(50)46-32-29-38(35-52(46)57)43-21-11-15-27-54(43)59(41-31-34-56-49(36-41)48-24-12-16-28-55(48)60-56)42-30-33-47-45-23-10-14-26-51(45)58(2,53(47)37-42)40-19-7-4-8-20-40/h3-37H,1-2H3. The maximum atomic E-state index is 6.37. The normalized spacial score (nSPS) is 17.3. The molecule has 0 spiro atoms. The van der Waals surface area contributed by atoms with Crippen LogP contribution in [0, 0.1) is 0 Å². The third kappa shape index (κ3) is 4.88. The predicted molar refractivity (Wildman–Crippen MR) is 249 cm³/mol. The number of hydrogen-bond donors (Lipinski definition) is 0. The molecule has 0 N–H and O–H groups in total. The van der Waals surface area contributed by atoms with Crippen molar-refractivity contribution in [3.63, 3.8) is 0 Å². The molecule has 0 radical (unpaired) electrons. The Balaban J connectivity index is 1.09. The first-order valence-electron chi connectivity index (χ1n) is 20.9. The predicted octanol–water partition coefficient (Wildman–Crippen LogP) is 15.4. The van der Waals surface area contributed by atoms with E-state index in [9.17, 15) is 0 Å². The van der Waals surface area contributed by atoms with Crippen molar-refractivity contribution in [2.75, 3.05) is 4.90 Å². The SMILES string of the molecule is CC1(c2ccccc2)c2ccccc2-c2ccc(-c3ccccc3N(c3ccc4c(c3)C(C)(c3ccccc3)c3ccccc3-4)c3ccc4oc5ccccc5c4c3)cc21. The second-order valence-electron chi connectivity index (χ2n) is 16.7. The summed E-state index contributed by atoms with van der Waals surface area (Å²) in [5.41, 5.74) is 19.8. The minimum absolute atomic E-state index is 0.303. The lowest BCUT2D eigenvalue weighted by Crippen LogP contribution is -2.23. The summed E-state index contributed by atoms with van der Waals surface area (Å²) in [6.45, 7) is 4.79. The van der Waals surface area contributed by atoms with Gasteiger partial charge in [-0.25, -0.2) is 0 Å². The van der Waals surface area contributed by atoms with Crippen molar-refractivity contribution in [2.45, 2.75) is 24.7 Å². The average molecular weight is 768 g/mol. The Kier molecular flexibility index (Phi) is 7.52. The summed E-state index contributed by atoms with van der Waals surface area (Å²) in [5, 5.41) is 2.21. The smallest absolute Gasteiger partial charge is 0.135 e. The summed E-state index contributed by atoms with van der Waals surface area (Å²) in [7, 11) is 0. The van der Waals surface area contributed by atoms with E-state index >= 15 is 0 Å². The number of furan rings is 1. The largest absolute Gasteiger partial charge is 0.456 e. The van der Waals surface area contributed by atoms with Crippen LogP contribution < -0.4 is 4.90 Å². The highest BCUT2D eigenvalue weighted by Crippen LogP contribution is 2.56. The van der Waals surface area contributed by atoms with Crippen LogP contribution in [0.5, 0.6) is 0 Å². The van der Waals surface area contributed by atoms with Crippen LogP contribution in [0.25, 0.3) is 55.3 Å². The number of anilines is 3. The Morgan fingerprint density at radius 3 is 1.52 bits per heavy atom. The Morgan fingerprint density at radius 2 is 0.833 bits per heavy atom. The van der Waals surface area contributed by atoms with E-state index in [0.29, 0.717) is 0 Å². The summed E-state index contributed by atoms with van der Waals surface area (Å²) in [6.07, 6.45) is 0. The van der Waals surface area contributed by atoms with E-state index < -0.39 is 0 Å². The van der Waals surface area contributed by atoms with Gasteiger partial charge in [-0.05, 0) is 124 Å². The fourth-order valence-corrected chi connectivity index (χ4v) is 10.6. The van der Waals surface area contributed by atoms with Crippen molar-refractivity contribution in [1.29, 1.82) is 0 Å². The Hall–Kier alpha value is -7.42. The van der Waals surface area contributed by atoms with Gasteiger partial charge in [0, 0.05) is 38.5 Å². The number of rotatable bonds is 6. The molecule has 0 fully saturated rings. The lowest BCUT2D eigenvalue weighted by Gasteiger charge is -2.32. The summed E-state index contributed by atoms with van der Waals surface area (Å²) in [5.74, 6) is 0. The van der Waals surface area contributed by atoms with Gasteiger partial charge < -0.3 is 9.32 Å². The molecule has 2 aliphatic rings. The van der Waals surface area contributed by atoms with Crippen LogP contribution >= 0.6 is 0 Å². The zero-order valence-electron chi connectivity index (χ0n) is 33.6. The van der Waals surface area contributed by atoms with Crippen molar-refractivity contribution >= 4 is 39.0 Å². The van der Waals surface area contributed by atoms with Gasteiger partial charge in [-0.1, -0.05) is 164 Å². The highest BCUT2D eigenvalue weighted by molar-refractivity contribution is 6.07. The number of fused-ring (bicyclic) bond motifs is 9. The molecule has 1 aromatic heterocycles. The first-order valence-corrected chi connectivity index (χ1v) is 20.9. The molecule has 12 rings (SSSR count). The number of benzene rings is 9. The molecule has 0 saturated heterocycles. The van der Waals surface area contributed by atoms with Gasteiger partial charge >= 0.3 is 0 Å². The maximum Gasteiger partial charge on any atom is 0.135 e. The fraction of sp³-hybridized carbons (Fsp3) is 0.0690. The molecule has 2 aliphatic carbocycles. The van der Waals surface area contributed by atoms with Gasteiger partial charge in [0.1, 0.15) is 11.2 Å². The van der Waals surface area contributed by atoms with Crippen molar-refractivity contribution in [3.05, 3.63) is 246 Å². The van der Waals surface area contributed by atoms with Crippen LogP contribution in [0.1, 0.15) is 47.2 Å². The molecule has 0 amide bonds. The molecular weight excluding hydrogens is 727 g/mol. The molecule has 2 heteroatoms. The molecule has 2 nitrogen and oxygen atoms in total. The first-order chi connectivity index (χ1) is 29.5. The van der Waals surface area contributed by atoms with Gasteiger partial charge in [-0.3, -0.25) is 0 Å². The van der Waals surface area contributed by atoms with E-state index in [4.69, 9.17) is 4.42 Å². The van der Waals surface area contributed by atoms with E-state index in [1.54, 1.807) is 0 Å². The second kappa shape index (κ2) is 13.0. The van der Waals surface area contributed by atoms with Crippen molar-refractivity contribution in [2.24, 2.45) is 0 Å². The summed E-state index contributed by atoms with van der Waals surface area (Å²) in [4.78, 5) is 2.46. The van der Waals surface area contributed by atoms with Gasteiger partial charge in [0.05, 0.1) is 5.69 Å². The van der Waals surface area contributed by atoms with E-state index in [-0.39, 0.29) is 10.8 Å². The van der Waals surface area contributed by atoms with Gasteiger partial charge in [0.15, 0.2) is 0 Å². The first kappa shape index (κ1) is 34.6. The van der Waals surface area contributed by atoms with Crippen LogP contribution in [0.4, 0.5) is 17.1 Å². The molecule has 2 atom stereocenters. The third-order valence-electron chi connectivity index (χ3n) is 13.6. The van der Waals surface area contributed by atoms with Crippen LogP contribution in [0.3, 0.4) is 0 Å². The molecule has 60 heavy (non-hydrogen) atoms. The number of para-hydroxylation sites is 2. The Morgan fingerprint density at radius 1 is 0.350 bits per heavy atom. The van der Waals surface area contributed by atoms with E-state index in [0.717, 1.165) is 39.0 Å². The summed E-state index contributed by atoms with van der Waals surface area (Å²) < 4.78 is 6.37. The summed E-state index contributed by atoms with van der Waals surface area (Å²) >= 11 is 0. The fourth-order valence-electron chi connectivity index (χ4n) is 10.6. The summed E-state index contributed by atoms with van der Waals surface area (Å²) in [6, 6.07) is 78.0. The molecule has 284 valence electrons. The van der Waals surface area contributed by atoms with Gasteiger partial charge in [-0.15, -0.1) is 0 Å². The molecule has 0 saturated carbocycles. The molecule has 0 bridgehead atoms. The number of hydrogen-bond acceptors (Lipinski definition) is 2. The molecular formula is C58H41NO. The quantitative estimate of drug-likeness (QED) is 0.168. The minimum atomic E-state index is -0.337. The second-order valence-corrected chi connectivity index (χ2v) is 16.7. The molecule has 9 aromatic carbocycles. The number of nitrogens with zero attached hydrogens (tertiary/aromatic N) is 1. The van der Waals surface area contributed by atoms with Crippen LogP contribution in [0.2, 0.25) is 0 Å². The van der Waals surface area contributed by atoms with Gasteiger partial charge in [-0.2, -0.15) is 0 Å². The Labute approximate surface area is 350 Å². The monoisotopic (exact) mass is 767 g/mol. The maximum absolute atomic E-state index is 6.37. The van der Waals surface area contributed by atoms with E-state index in [1.165, 1.54) is 66.8 Å². The lowest BCUT2D eigenvalue weighted by atomic mass is 9.74. The lowest BCUT2D eigenvalue weighted by molar-refractivity contribution is 0.669. The van der Waals surface area contributed by atoms with Gasteiger partial charge in [0.2, 0.25) is 0 Å². The van der Waals surface area contributed by atoms with E-state index in [2.05, 4.69) is 225 Å². The van der Waals surface area contributed by atoms with Crippen LogP contribution in [-0.2, 0) is 10.8 Å². The third-order valence-corrected chi connectivity index (χ3v) is 13.6. The molecule has 0 aliphatic heterocycles. The zero-order valence-corrected chi connectivity index (χ0v) is 33.6. The van der Waals surface area contributed by atoms with Crippen LogP contribution in [0.15, 0.2) is 217 Å².